The Balaban J connectivity index is 1.49. The summed E-state index contributed by atoms with van der Waals surface area (Å²) in [4.78, 5) is 35.4. The molecule has 1 fully saturated rings. The fourth-order valence-electron chi connectivity index (χ4n) is 4.99. The Bertz CT molecular complexity index is 1270. The molecule has 2 aliphatic carbocycles. The van der Waals surface area contributed by atoms with Gasteiger partial charge in [0.15, 0.2) is 5.16 Å². The van der Waals surface area contributed by atoms with E-state index in [2.05, 4.69) is 6.07 Å². The highest BCUT2D eigenvalue weighted by atomic mass is 32.2. The van der Waals surface area contributed by atoms with E-state index in [-0.39, 0.29) is 29.8 Å². The molecule has 8 heteroatoms. The molecule has 0 unspecified atom stereocenters. The van der Waals surface area contributed by atoms with E-state index in [0.29, 0.717) is 10.8 Å². The van der Waals surface area contributed by atoms with E-state index in [1.54, 1.807) is 11.3 Å². The molecule has 3 aromatic rings. The largest absolute Gasteiger partial charge is 0.298 e. The van der Waals surface area contributed by atoms with Gasteiger partial charge in [-0.1, -0.05) is 42.8 Å². The van der Waals surface area contributed by atoms with Crippen molar-refractivity contribution in [2.24, 2.45) is 0 Å². The molecule has 0 radical (unpaired) electrons. The minimum absolute atomic E-state index is 0.0110. The summed E-state index contributed by atoms with van der Waals surface area (Å²) in [6.45, 7) is -0.0110. The Hall–Kier alpha value is -2.63. The standard InChI is InChI=1S/C25H26N4O2S2/c26-14-15-28(17-8-2-1-3-9-17)21(30)16-32-25-27-23-22(19-12-6-7-13-20(19)33-23)24(31)29(25)18-10-4-5-11-18/h1-3,8-9,18H,4-7,10-13,15-16H2. The number of para-hydroxylation sites is 1. The van der Waals surface area contributed by atoms with Crippen LogP contribution >= 0.6 is 23.1 Å². The molecule has 1 aromatic carbocycles. The van der Waals surface area contributed by atoms with Crippen LogP contribution in [0.2, 0.25) is 0 Å². The SMILES string of the molecule is N#CCN(C(=O)CSc1nc2sc3c(c2c(=O)n1C1CCCC1)CCCC3)c1ccccc1. The van der Waals surface area contributed by atoms with Crippen molar-refractivity contribution in [1.29, 1.82) is 5.26 Å². The second-order valence-electron chi connectivity index (χ2n) is 8.66. The molecule has 33 heavy (non-hydrogen) atoms. The van der Waals surface area contributed by atoms with Crippen LogP contribution in [0.1, 0.15) is 55.0 Å². The van der Waals surface area contributed by atoms with Crippen LogP contribution in [0.3, 0.4) is 0 Å². The number of fused-ring (bicyclic) bond motifs is 3. The van der Waals surface area contributed by atoms with Gasteiger partial charge in [-0.3, -0.25) is 19.1 Å². The van der Waals surface area contributed by atoms with Crippen LogP contribution in [-0.4, -0.2) is 27.8 Å². The lowest BCUT2D eigenvalue weighted by Gasteiger charge is -2.21. The molecule has 1 amide bonds. The Labute approximate surface area is 201 Å². The number of rotatable bonds is 6. The average molecular weight is 479 g/mol. The summed E-state index contributed by atoms with van der Waals surface area (Å²) >= 11 is 2.97. The molecule has 0 bridgehead atoms. The number of aromatic nitrogens is 2. The first-order chi connectivity index (χ1) is 16.2. The smallest absolute Gasteiger partial charge is 0.263 e. The number of benzene rings is 1. The van der Waals surface area contributed by atoms with Crippen molar-refractivity contribution in [3.05, 3.63) is 51.1 Å². The van der Waals surface area contributed by atoms with Crippen LogP contribution in [0.4, 0.5) is 5.69 Å². The van der Waals surface area contributed by atoms with Crippen molar-refractivity contribution in [3.63, 3.8) is 0 Å². The van der Waals surface area contributed by atoms with Gasteiger partial charge in [-0.2, -0.15) is 5.26 Å². The lowest BCUT2D eigenvalue weighted by Crippen LogP contribution is -2.33. The minimum atomic E-state index is -0.162. The van der Waals surface area contributed by atoms with Gasteiger partial charge in [0.05, 0.1) is 17.2 Å². The van der Waals surface area contributed by atoms with Crippen molar-refractivity contribution < 1.29 is 4.79 Å². The highest BCUT2D eigenvalue weighted by Crippen LogP contribution is 2.37. The van der Waals surface area contributed by atoms with Crippen molar-refractivity contribution in [2.75, 3.05) is 17.2 Å². The maximum Gasteiger partial charge on any atom is 0.263 e. The maximum absolute atomic E-state index is 13.7. The summed E-state index contributed by atoms with van der Waals surface area (Å²) in [5.41, 5.74) is 1.98. The molecule has 2 heterocycles. The predicted octanol–water partition coefficient (Wildman–Crippen LogP) is 5.10. The zero-order valence-electron chi connectivity index (χ0n) is 18.5. The van der Waals surface area contributed by atoms with E-state index < -0.39 is 0 Å². The third-order valence-electron chi connectivity index (χ3n) is 6.60. The molecule has 2 aliphatic rings. The zero-order valence-corrected chi connectivity index (χ0v) is 20.1. The van der Waals surface area contributed by atoms with Gasteiger partial charge < -0.3 is 0 Å². The van der Waals surface area contributed by atoms with Crippen LogP contribution < -0.4 is 10.5 Å². The number of aryl methyl sites for hydroxylation is 2. The molecule has 0 atom stereocenters. The van der Waals surface area contributed by atoms with E-state index in [1.807, 2.05) is 34.9 Å². The third kappa shape index (κ3) is 4.32. The number of nitriles is 1. The maximum atomic E-state index is 13.7. The second kappa shape index (κ2) is 9.70. The fourth-order valence-corrected chi connectivity index (χ4v) is 7.24. The Morgan fingerprint density at radius 1 is 1.18 bits per heavy atom. The van der Waals surface area contributed by atoms with E-state index in [0.717, 1.165) is 55.2 Å². The number of amides is 1. The highest BCUT2D eigenvalue weighted by molar-refractivity contribution is 7.99. The minimum Gasteiger partial charge on any atom is -0.298 e. The summed E-state index contributed by atoms with van der Waals surface area (Å²) in [5, 5.41) is 10.7. The molecule has 2 aromatic heterocycles. The first-order valence-corrected chi connectivity index (χ1v) is 13.4. The van der Waals surface area contributed by atoms with Crippen LogP contribution in [0.5, 0.6) is 0 Å². The van der Waals surface area contributed by atoms with Gasteiger partial charge in [-0.25, -0.2) is 4.98 Å². The van der Waals surface area contributed by atoms with E-state index >= 15 is 0 Å². The van der Waals surface area contributed by atoms with Gasteiger partial charge in [0.1, 0.15) is 11.4 Å². The molecule has 170 valence electrons. The van der Waals surface area contributed by atoms with Crippen LogP contribution in [0.15, 0.2) is 40.3 Å². The zero-order chi connectivity index (χ0) is 22.8. The molecule has 1 saturated carbocycles. The van der Waals surface area contributed by atoms with Crippen LogP contribution in [0.25, 0.3) is 10.2 Å². The van der Waals surface area contributed by atoms with Gasteiger partial charge in [-0.15, -0.1) is 11.3 Å². The molecular weight excluding hydrogens is 452 g/mol. The van der Waals surface area contributed by atoms with Gasteiger partial charge >= 0.3 is 0 Å². The topological polar surface area (TPSA) is 79.0 Å². The van der Waals surface area contributed by atoms with E-state index in [1.165, 1.54) is 33.5 Å². The lowest BCUT2D eigenvalue weighted by molar-refractivity contribution is -0.116. The normalized spacial score (nSPS) is 16.0. The summed E-state index contributed by atoms with van der Waals surface area (Å²) in [5.74, 6) is -0.0303. The Morgan fingerprint density at radius 3 is 2.70 bits per heavy atom. The van der Waals surface area contributed by atoms with Gasteiger partial charge in [0, 0.05) is 16.6 Å². The quantitative estimate of drug-likeness (QED) is 0.280. The second-order valence-corrected chi connectivity index (χ2v) is 10.7. The monoisotopic (exact) mass is 478 g/mol. The summed E-state index contributed by atoms with van der Waals surface area (Å²) in [6.07, 6.45) is 8.47. The van der Waals surface area contributed by atoms with Crippen molar-refractivity contribution in [2.45, 2.75) is 62.6 Å². The Kier molecular flexibility index (Phi) is 6.52. The number of thioether (sulfide) groups is 1. The first kappa shape index (κ1) is 22.2. The number of hydrogen-bond donors (Lipinski definition) is 0. The number of carbonyl (C=O) groups is 1. The number of thiophene rings is 1. The van der Waals surface area contributed by atoms with E-state index in [4.69, 9.17) is 4.98 Å². The highest BCUT2D eigenvalue weighted by Gasteiger charge is 2.27. The molecular formula is C25H26N4O2S2. The van der Waals surface area contributed by atoms with Crippen LogP contribution in [-0.2, 0) is 17.6 Å². The number of carbonyl (C=O) groups excluding carboxylic acids is 1. The first-order valence-electron chi connectivity index (χ1n) is 11.6. The van der Waals surface area contributed by atoms with Crippen molar-refractivity contribution in [3.8, 4) is 6.07 Å². The van der Waals surface area contributed by atoms with Gasteiger partial charge in [0.2, 0.25) is 5.91 Å². The number of hydrogen-bond acceptors (Lipinski definition) is 6. The molecule has 0 N–H and O–H groups in total. The molecule has 0 saturated heterocycles. The third-order valence-corrected chi connectivity index (χ3v) is 8.72. The molecule has 5 rings (SSSR count). The fraction of sp³-hybridized carbons (Fsp3) is 0.440. The van der Waals surface area contributed by atoms with Crippen molar-refractivity contribution >= 4 is 44.9 Å². The summed E-state index contributed by atoms with van der Waals surface area (Å²) < 4.78 is 1.88. The number of anilines is 1. The molecule has 0 aliphatic heterocycles. The van der Waals surface area contributed by atoms with Gasteiger partial charge in [0.25, 0.3) is 5.56 Å². The summed E-state index contributed by atoms with van der Waals surface area (Å²) in [6, 6.07) is 11.5. The lowest BCUT2D eigenvalue weighted by atomic mass is 9.97. The van der Waals surface area contributed by atoms with Crippen LogP contribution in [0, 0.1) is 11.3 Å². The van der Waals surface area contributed by atoms with Crippen molar-refractivity contribution in [1.82, 2.24) is 9.55 Å². The predicted molar refractivity (Wildman–Crippen MR) is 133 cm³/mol. The summed E-state index contributed by atoms with van der Waals surface area (Å²) in [7, 11) is 0. The van der Waals surface area contributed by atoms with Gasteiger partial charge in [-0.05, 0) is 56.2 Å². The Morgan fingerprint density at radius 2 is 1.94 bits per heavy atom. The molecule has 0 spiro atoms. The van der Waals surface area contributed by atoms with E-state index in [9.17, 15) is 14.9 Å². The molecule has 6 nitrogen and oxygen atoms in total. The average Bonchev–Trinajstić information content (AvgIpc) is 3.49. The number of nitrogens with zero attached hydrogens (tertiary/aromatic N) is 4.